The molecule has 1 aromatic carbocycles. The minimum atomic E-state index is 0.521. The molecule has 4 nitrogen and oxygen atoms in total. The van der Waals surface area contributed by atoms with Crippen LogP contribution in [0.1, 0.15) is 24.7 Å². The van der Waals surface area contributed by atoms with Gasteiger partial charge in [-0.3, -0.25) is 4.90 Å². The first-order valence-electron chi connectivity index (χ1n) is 8.66. The molecule has 3 rings (SSSR count). The lowest BCUT2D eigenvalue weighted by atomic mass is 10.1. The lowest BCUT2D eigenvalue weighted by Crippen LogP contribution is -2.32. The van der Waals surface area contributed by atoms with Crippen LogP contribution in [0, 0.1) is 12.8 Å². The fourth-order valence-corrected chi connectivity index (χ4v) is 3.64. The Labute approximate surface area is 149 Å². The van der Waals surface area contributed by atoms with E-state index in [1.54, 1.807) is 0 Å². The summed E-state index contributed by atoms with van der Waals surface area (Å²) in [5, 5.41) is 0.521. The van der Waals surface area contributed by atoms with Gasteiger partial charge in [-0.05, 0) is 38.3 Å². The Morgan fingerprint density at radius 3 is 2.75 bits per heavy atom. The number of hydrogen-bond acceptors (Lipinski definition) is 4. The van der Waals surface area contributed by atoms with Crippen LogP contribution in [-0.2, 0) is 6.54 Å². The third-order valence-corrected chi connectivity index (χ3v) is 4.79. The van der Waals surface area contributed by atoms with Crippen molar-refractivity contribution < 1.29 is 0 Å². The van der Waals surface area contributed by atoms with Crippen LogP contribution in [0.2, 0.25) is 5.15 Å². The van der Waals surface area contributed by atoms with Crippen molar-refractivity contribution in [3.8, 4) is 0 Å². The van der Waals surface area contributed by atoms with Gasteiger partial charge in [0.2, 0.25) is 0 Å². The smallest absolute Gasteiger partial charge is 0.134 e. The van der Waals surface area contributed by atoms with Gasteiger partial charge in [-0.15, -0.1) is 0 Å². The van der Waals surface area contributed by atoms with Crippen molar-refractivity contribution >= 4 is 17.4 Å². The van der Waals surface area contributed by atoms with Gasteiger partial charge < -0.3 is 4.90 Å². The highest BCUT2D eigenvalue weighted by molar-refractivity contribution is 6.29. The van der Waals surface area contributed by atoms with E-state index in [4.69, 9.17) is 11.6 Å². The highest BCUT2D eigenvalue weighted by Gasteiger charge is 2.24. The molecule has 0 N–H and O–H groups in total. The Kier molecular flexibility index (Phi) is 5.69. The quantitative estimate of drug-likeness (QED) is 0.746. The maximum absolute atomic E-state index is 6.10. The molecule has 0 saturated carbocycles. The van der Waals surface area contributed by atoms with Crippen molar-refractivity contribution in [3.63, 3.8) is 0 Å². The summed E-state index contributed by atoms with van der Waals surface area (Å²) in [7, 11) is 0. The summed E-state index contributed by atoms with van der Waals surface area (Å²) in [6.07, 6.45) is 1.24. The monoisotopic (exact) mass is 344 g/mol. The van der Waals surface area contributed by atoms with E-state index in [1.807, 2.05) is 13.0 Å². The van der Waals surface area contributed by atoms with Crippen LogP contribution in [0.25, 0.3) is 0 Å². The van der Waals surface area contributed by atoms with Crippen molar-refractivity contribution in [3.05, 3.63) is 52.9 Å². The maximum atomic E-state index is 6.10. The number of rotatable bonds is 6. The summed E-state index contributed by atoms with van der Waals surface area (Å²) in [6, 6.07) is 12.6. The molecule has 5 heteroatoms. The average molecular weight is 345 g/mol. The van der Waals surface area contributed by atoms with Crippen molar-refractivity contribution in [2.75, 3.05) is 31.1 Å². The van der Waals surface area contributed by atoms with E-state index in [9.17, 15) is 0 Å². The second-order valence-corrected chi connectivity index (χ2v) is 6.90. The molecule has 1 saturated heterocycles. The summed E-state index contributed by atoms with van der Waals surface area (Å²) in [4.78, 5) is 13.6. The summed E-state index contributed by atoms with van der Waals surface area (Å²) in [6.45, 7) is 9.37. The zero-order valence-electron chi connectivity index (χ0n) is 14.5. The SMILES string of the molecule is CCN(CC1CCN(Cc2ccccc2)C1)c1cc(Cl)nc(C)n1. The minimum absolute atomic E-state index is 0.521. The van der Waals surface area contributed by atoms with Crippen LogP contribution in [0.3, 0.4) is 0 Å². The molecule has 2 aromatic rings. The minimum Gasteiger partial charge on any atom is -0.356 e. The first-order chi connectivity index (χ1) is 11.6. The molecule has 0 bridgehead atoms. The van der Waals surface area contributed by atoms with Gasteiger partial charge in [0.15, 0.2) is 0 Å². The third-order valence-electron chi connectivity index (χ3n) is 4.60. The van der Waals surface area contributed by atoms with Gasteiger partial charge in [0.25, 0.3) is 0 Å². The summed E-state index contributed by atoms with van der Waals surface area (Å²) < 4.78 is 0. The van der Waals surface area contributed by atoms with E-state index in [-0.39, 0.29) is 0 Å². The van der Waals surface area contributed by atoms with E-state index in [2.05, 4.69) is 57.0 Å². The molecule has 1 aromatic heterocycles. The Hall–Kier alpha value is -1.65. The summed E-state index contributed by atoms with van der Waals surface area (Å²) >= 11 is 6.10. The summed E-state index contributed by atoms with van der Waals surface area (Å²) in [5.74, 6) is 2.34. The second kappa shape index (κ2) is 7.95. The Balaban J connectivity index is 1.59. The molecule has 1 aliphatic heterocycles. The fraction of sp³-hybridized carbons (Fsp3) is 0.474. The van der Waals surface area contributed by atoms with Crippen LogP contribution < -0.4 is 4.90 Å². The number of hydrogen-bond donors (Lipinski definition) is 0. The first-order valence-corrected chi connectivity index (χ1v) is 9.04. The second-order valence-electron chi connectivity index (χ2n) is 6.51. The topological polar surface area (TPSA) is 32.3 Å². The number of aryl methyl sites for hydroxylation is 1. The van der Waals surface area contributed by atoms with E-state index < -0.39 is 0 Å². The number of nitrogens with zero attached hydrogens (tertiary/aromatic N) is 4. The van der Waals surface area contributed by atoms with Crippen LogP contribution in [0.5, 0.6) is 0 Å². The lowest BCUT2D eigenvalue weighted by molar-refractivity contribution is 0.317. The molecular weight excluding hydrogens is 320 g/mol. The molecule has 128 valence electrons. The van der Waals surface area contributed by atoms with Gasteiger partial charge in [-0.25, -0.2) is 9.97 Å². The van der Waals surface area contributed by atoms with Crippen LogP contribution >= 0.6 is 11.6 Å². The maximum Gasteiger partial charge on any atom is 0.134 e. The van der Waals surface area contributed by atoms with Crippen molar-refractivity contribution in [1.82, 2.24) is 14.9 Å². The van der Waals surface area contributed by atoms with Crippen molar-refractivity contribution in [1.29, 1.82) is 0 Å². The molecule has 1 unspecified atom stereocenters. The van der Waals surface area contributed by atoms with Gasteiger partial charge in [-0.1, -0.05) is 41.9 Å². The number of benzene rings is 1. The molecule has 0 aliphatic carbocycles. The molecule has 2 heterocycles. The number of halogens is 1. The molecule has 24 heavy (non-hydrogen) atoms. The zero-order valence-corrected chi connectivity index (χ0v) is 15.2. The Morgan fingerprint density at radius 2 is 2.04 bits per heavy atom. The molecular formula is C19H25ClN4. The normalized spacial score (nSPS) is 18.0. The molecule has 0 radical (unpaired) electrons. The number of anilines is 1. The van der Waals surface area contributed by atoms with Crippen LogP contribution in [-0.4, -0.2) is 41.0 Å². The Morgan fingerprint density at radius 1 is 1.25 bits per heavy atom. The number of aromatic nitrogens is 2. The number of likely N-dealkylation sites (tertiary alicyclic amines) is 1. The third kappa shape index (κ3) is 4.46. The predicted molar refractivity (Wildman–Crippen MR) is 99.5 cm³/mol. The van der Waals surface area contributed by atoms with Gasteiger partial charge in [0.05, 0.1) is 0 Å². The Bertz CT molecular complexity index is 641. The molecule has 1 fully saturated rings. The van der Waals surface area contributed by atoms with E-state index >= 15 is 0 Å². The van der Waals surface area contributed by atoms with Gasteiger partial charge in [0.1, 0.15) is 16.8 Å². The average Bonchev–Trinajstić information content (AvgIpc) is 2.99. The predicted octanol–water partition coefficient (Wildman–Crippen LogP) is 3.79. The molecule has 1 aliphatic rings. The van der Waals surface area contributed by atoms with Crippen LogP contribution in [0.4, 0.5) is 5.82 Å². The highest BCUT2D eigenvalue weighted by atomic mass is 35.5. The zero-order chi connectivity index (χ0) is 16.9. The van der Waals surface area contributed by atoms with E-state index in [0.717, 1.165) is 37.8 Å². The van der Waals surface area contributed by atoms with E-state index in [1.165, 1.54) is 18.5 Å². The summed E-state index contributed by atoms with van der Waals surface area (Å²) in [5.41, 5.74) is 1.39. The molecule has 1 atom stereocenters. The largest absolute Gasteiger partial charge is 0.356 e. The van der Waals surface area contributed by atoms with Crippen molar-refractivity contribution in [2.45, 2.75) is 26.8 Å². The van der Waals surface area contributed by atoms with Gasteiger partial charge >= 0.3 is 0 Å². The van der Waals surface area contributed by atoms with Crippen LogP contribution in [0.15, 0.2) is 36.4 Å². The molecule has 0 amide bonds. The van der Waals surface area contributed by atoms with Crippen molar-refractivity contribution in [2.24, 2.45) is 5.92 Å². The molecule has 0 spiro atoms. The lowest BCUT2D eigenvalue weighted by Gasteiger charge is -2.26. The van der Waals surface area contributed by atoms with Gasteiger partial charge in [0, 0.05) is 32.2 Å². The standard InChI is InChI=1S/C19H25ClN4/c1-3-24(19-11-18(20)21-15(2)22-19)14-17-9-10-23(13-17)12-16-7-5-4-6-8-16/h4-8,11,17H,3,9-10,12-14H2,1-2H3. The van der Waals surface area contributed by atoms with Gasteiger partial charge in [-0.2, -0.15) is 0 Å². The first kappa shape index (κ1) is 17.2. The fourth-order valence-electron chi connectivity index (χ4n) is 3.42. The van der Waals surface area contributed by atoms with E-state index in [0.29, 0.717) is 11.1 Å². The highest BCUT2D eigenvalue weighted by Crippen LogP contribution is 2.23.